The van der Waals surface area contributed by atoms with E-state index >= 15 is 0 Å². The van der Waals surface area contributed by atoms with Crippen molar-refractivity contribution in [3.8, 4) is 11.5 Å². The average molecular weight is 642 g/mol. The number of aromatic hydroxyl groups is 2. The van der Waals surface area contributed by atoms with Gasteiger partial charge in [-0.2, -0.15) is 0 Å². The first-order chi connectivity index (χ1) is 14.3. The fraction of sp³-hybridized carbons (Fsp3) is 0.583. The molecule has 2 heterocycles. The Morgan fingerprint density at radius 1 is 0.700 bits per heavy atom. The third-order valence-corrected chi connectivity index (χ3v) is 9.99. The Morgan fingerprint density at radius 3 is 1.67 bits per heavy atom. The van der Waals surface area contributed by atoms with Gasteiger partial charge in [-0.05, 0) is 0 Å². The molecular formula is C24H38N2O2Te2. The van der Waals surface area contributed by atoms with E-state index in [1.807, 2.05) is 39.8 Å². The van der Waals surface area contributed by atoms with Crippen LogP contribution >= 0.6 is 0 Å². The summed E-state index contributed by atoms with van der Waals surface area (Å²) in [6, 6.07) is 3.87. The first-order valence-corrected chi connectivity index (χ1v) is 16.5. The van der Waals surface area contributed by atoms with E-state index in [0.29, 0.717) is 11.5 Å². The molecule has 0 bridgehead atoms. The summed E-state index contributed by atoms with van der Waals surface area (Å²) >= 11 is -0.559. The first kappa shape index (κ1) is 27.5. The van der Waals surface area contributed by atoms with Crippen molar-refractivity contribution in [2.75, 3.05) is 0 Å². The van der Waals surface area contributed by atoms with Crippen molar-refractivity contribution in [2.45, 2.75) is 89.0 Å². The molecule has 168 valence electrons. The fourth-order valence-corrected chi connectivity index (χ4v) is 8.20. The van der Waals surface area contributed by atoms with Gasteiger partial charge in [-0.25, -0.2) is 0 Å². The van der Waals surface area contributed by atoms with Crippen LogP contribution in [-0.4, -0.2) is 62.0 Å². The van der Waals surface area contributed by atoms with Crippen molar-refractivity contribution in [1.82, 2.24) is 9.97 Å². The number of aromatic nitrogens is 2. The number of nitrogens with zero attached hydrogens (tertiary/aromatic N) is 2. The minimum atomic E-state index is -0.301. The molecule has 0 aliphatic heterocycles. The molecule has 0 saturated heterocycles. The molecule has 2 aromatic heterocycles. The maximum absolute atomic E-state index is 9.96. The number of pyridine rings is 2. The molecule has 0 atom stereocenters. The summed E-state index contributed by atoms with van der Waals surface area (Å²) in [5, 5.41) is 19.6. The Kier molecular flexibility index (Phi) is 14.0. The topological polar surface area (TPSA) is 66.2 Å². The van der Waals surface area contributed by atoms with E-state index in [1.165, 1.54) is 43.0 Å². The van der Waals surface area contributed by atoms with Crippen molar-refractivity contribution < 1.29 is 10.2 Å². The Hall–Kier alpha value is -0.521. The monoisotopic (exact) mass is 646 g/mol. The molecule has 0 spiro atoms. The van der Waals surface area contributed by atoms with Crippen LogP contribution in [-0.2, 0) is 0 Å². The molecule has 0 aliphatic rings. The normalized spacial score (nSPS) is 10.6. The zero-order valence-corrected chi connectivity index (χ0v) is 24.1. The molecule has 2 N–H and O–H groups in total. The van der Waals surface area contributed by atoms with Crippen LogP contribution in [0.1, 0.15) is 74.9 Å². The predicted octanol–water partition coefficient (Wildman–Crippen LogP) is 4.68. The van der Waals surface area contributed by atoms with Crippen molar-refractivity contribution in [3.05, 3.63) is 34.6 Å². The summed E-state index contributed by atoms with van der Waals surface area (Å²) in [6.07, 6.45) is 8.08. The standard InChI is InChI=1S/C15H25NOTe.C9H13NOTe/c1-4-5-6-7-8-9-10-18-15-14(17)12(2)11-13(3)16-15;1-4-12-9-8(11)6(2)5-7(3)10-9/h11,17H,4-10H2,1-3H3;5,11H,4H2,1-3H3. The van der Waals surface area contributed by atoms with Crippen LogP contribution in [0.25, 0.3) is 0 Å². The Labute approximate surface area is 203 Å². The van der Waals surface area contributed by atoms with E-state index in [9.17, 15) is 10.2 Å². The average Bonchev–Trinajstić information content (AvgIpc) is 2.69. The second-order valence-corrected chi connectivity index (χ2v) is 14.2. The van der Waals surface area contributed by atoms with E-state index in [-0.39, 0.29) is 41.8 Å². The van der Waals surface area contributed by atoms with Crippen LogP contribution in [0.3, 0.4) is 0 Å². The summed E-state index contributed by atoms with van der Waals surface area (Å²) < 4.78 is 4.38. The van der Waals surface area contributed by atoms with E-state index in [1.54, 1.807) is 0 Å². The van der Waals surface area contributed by atoms with Crippen molar-refractivity contribution in [3.63, 3.8) is 0 Å². The maximum atomic E-state index is 9.96. The Morgan fingerprint density at radius 2 is 1.17 bits per heavy atom. The zero-order valence-electron chi connectivity index (χ0n) is 19.4. The van der Waals surface area contributed by atoms with Crippen LogP contribution in [0.4, 0.5) is 0 Å². The zero-order chi connectivity index (χ0) is 22.5. The molecule has 0 unspecified atom stereocenters. The van der Waals surface area contributed by atoms with Gasteiger partial charge in [-0.1, -0.05) is 0 Å². The second kappa shape index (κ2) is 15.3. The summed E-state index contributed by atoms with van der Waals surface area (Å²) in [5.74, 6) is 0.874. The van der Waals surface area contributed by atoms with Gasteiger partial charge in [-0.15, -0.1) is 0 Å². The number of aryl methyl sites for hydroxylation is 4. The van der Waals surface area contributed by atoms with E-state index < -0.39 is 0 Å². The van der Waals surface area contributed by atoms with Crippen molar-refractivity contribution in [1.29, 1.82) is 0 Å². The SMILES string of the molecule is CCCCCCCC[Te]c1nc(C)cc(C)c1O.CC[Te]c1nc(C)cc(C)c1O. The third-order valence-electron chi connectivity index (χ3n) is 4.58. The molecule has 0 radical (unpaired) electrons. The van der Waals surface area contributed by atoms with E-state index in [2.05, 4.69) is 23.8 Å². The van der Waals surface area contributed by atoms with Crippen LogP contribution in [0, 0.1) is 27.7 Å². The van der Waals surface area contributed by atoms with Gasteiger partial charge >= 0.3 is 205 Å². The molecule has 4 nitrogen and oxygen atoms in total. The van der Waals surface area contributed by atoms with Crippen molar-refractivity contribution >= 4 is 49.3 Å². The summed E-state index contributed by atoms with van der Waals surface area (Å²) in [5.41, 5.74) is 3.98. The molecular weight excluding hydrogens is 603 g/mol. The fourth-order valence-electron chi connectivity index (χ4n) is 2.98. The summed E-state index contributed by atoms with van der Waals surface area (Å²) in [7, 11) is 0. The van der Waals surface area contributed by atoms with Gasteiger partial charge < -0.3 is 0 Å². The second-order valence-electron chi connectivity index (χ2n) is 7.52. The van der Waals surface area contributed by atoms with Gasteiger partial charge in [0.15, 0.2) is 0 Å². The quantitative estimate of drug-likeness (QED) is 0.292. The number of hydrogen-bond acceptors (Lipinski definition) is 4. The first-order valence-electron chi connectivity index (χ1n) is 10.9. The molecule has 30 heavy (non-hydrogen) atoms. The van der Waals surface area contributed by atoms with Crippen LogP contribution in [0.15, 0.2) is 12.1 Å². The molecule has 2 rings (SSSR count). The Balaban J connectivity index is 0.000000325. The minimum absolute atomic E-state index is 0.258. The summed E-state index contributed by atoms with van der Waals surface area (Å²) in [4.78, 5) is 8.82. The molecule has 2 aromatic rings. The predicted molar refractivity (Wildman–Crippen MR) is 130 cm³/mol. The Bertz CT molecular complexity index is 782. The van der Waals surface area contributed by atoms with Gasteiger partial charge in [-0.3, -0.25) is 0 Å². The van der Waals surface area contributed by atoms with Gasteiger partial charge in [0, 0.05) is 0 Å². The van der Waals surface area contributed by atoms with Gasteiger partial charge in [0.05, 0.1) is 0 Å². The summed E-state index contributed by atoms with van der Waals surface area (Å²) in [6.45, 7) is 12.3. The van der Waals surface area contributed by atoms with E-state index in [0.717, 1.165) is 34.5 Å². The van der Waals surface area contributed by atoms with Crippen molar-refractivity contribution in [2.24, 2.45) is 0 Å². The molecule has 0 amide bonds. The van der Waals surface area contributed by atoms with Crippen LogP contribution < -0.4 is 7.48 Å². The molecule has 6 heteroatoms. The molecule has 0 fully saturated rings. The van der Waals surface area contributed by atoms with Crippen LogP contribution in [0.2, 0.25) is 8.94 Å². The van der Waals surface area contributed by atoms with Gasteiger partial charge in [0.1, 0.15) is 0 Å². The number of rotatable bonds is 10. The van der Waals surface area contributed by atoms with Gasteiger partial charge in [0.2, 0.25) is 0 Å². The van der Waals surface area contributed by atoms with Gasteiger partial charge in [0.25, 0.3) is 0 Å². The number of unbranched alkanes of at least 4 members (excludes halogenated alkanes) is 5. The van der Waals surface area contributed by atoms with E-state index in [4.69, 9.17) is 0 Å². The third kappa shape index (κ3) is 10.2. The van der Waals surface area contributed by atoms with Crippen LogP contribution in [0.5, 0.6) is 11.5 Å². The molecule has 0 aliphatic carbocycles. The number of hydrogen-bond donors (Lipinski definition) is 2. The molecule has 0 aromatic carbocycles. The molecule has 0 saturated carbocycles.